The molecule has 0 amide bonds. The van der Waals surface area contributed by atoms with E-state index in [0.717, 1.165) is 37.5 Å². The van der Waals surface area contributed by atoms with E-state index < -0.39 is 0 Å². The molecule has 2 nitrogen and oxygen atoms in total. The van der Waals surface area contributed by atoms with Crippen LogP contribution in [0.1, 0.15) is 219 Å². The van der Waals surface area contributed by atoms with Gasteiger partial charge in [-0.3, -0.25) is 0 Å². The predicted molar refractivity (Wildman–Crippen MR) is 181 cm³/mol. The van der Waals surface area contributed by atoms with Crippen LogP contribution in [0, 0.1) is 17.3 Å². The predicted octanol–water partition coefficient (Wildman–Crippen LogP) is 12.5. The average molecular weight is 577 g/mol. The van der Waals surface area contributed by atoms with Crippen molar-refractivity contribution < 1.29 is 10.2 Å². The molecule has 0 radical (unpaired) electrons. The van der Waals surface area contributed by atoms with Crippen molar-refractivity contribution in [2.45, 2.75) is 232 Å². The number of hydrogen-bond acceptors (Lipinski definition) is 2. The Morgan fingerprint density at radius 3 is 0.878 bits per heavy atom. The fourth-order valence-electron chi connectivity index (χ4n) is 8.81. The van der Waals surface area contributed by atoms with E-state index in [-0.39, 0.29) is 12.2 Å². The van der Waals surface area contributed by atoms with Gasteiger partial charge in [0.1, 0.15) is 0 Å². The lowest BCUT2D eigenvalue weighted by Crippen LogP contribution is -2.43. The lowest BCUT2D eigenvalue weighted by molar-refractivity contribution is -0.0351. The van der Waals surface area contributed by atoms with Crippen molar-refractivity contribution in [3.8, 4) is 0 Å². The molecule has 0 saturated heterocycles. The summed E-state index contributed by atoms with van der Waals surface area (Å²) in [6.45, 7) is 4.61. The number of rotatable bonds is 26. The van der Waals surface area contributed by atoms with Gasteiger partial charge in [-0.25, -0.2) is 0 Å². The Morgan fingerprint density at radius 1 is 0.366 bits per heavy atom. The average Bonchev–Trinajstić information content (AvgIpc) is 2.98. The van der Waals surface area contributed by atoms with Crippen LogP contribution in [-0.4, -0.2) is 22.4 Å². The maximum atomic E-state index is 10.4. The van der Waals surface area contributed by atoms with E-state index in [9.17, 15) is 10.2 Å². The molecule has 2 saturated carbocycles. The summed E-state index contributed by atoms with van der Waals surface area (Å²) in [6, 6.07) is 0. The molecule has 2 N–H and O–H groups in total. The van der Waals surface area contributed by atoms with Crippen LogP contribution >= 0.6 is 0 Å². The van der Waals surface area contributed by atoms with Gasteiger partial charge < -0.3 is 10.2 Å². The van der Waals surface area contributed by atoms with Crippen LogP contribution in [0.25, 0.3) is 0 Å². The van der Waals surface area contributed by atoms with Gasteiger partial charge in [0, 0.05) is 0 Å². The second kappa shape index (κ2) is 24.3. The largest absolute Gasteiger partial charge is 0.393 e. The molecule has 244 valence electrons. The second-order valence-electron chi connectivity index (χ2n) is 14.8. The second-order valence-corrected chi connectivity index (χ2v) is 14.8. The summed E-state index contributed by atoms with van der Waals surface area (Å²) in [5, 5.41) is 20.7. The highest BCUT2D eigenvalue weighted by Gasteiger charge is 2.45. The standard InChI is InChI=1S/C39H76O2/c1-3-5-7-9-11-13-15-17-19-21-23-33-39(35-25-29-37(40)30-26-35,36-27-31-38(41)32-28-36)34-24-22-20-18-16-14-12-10-8-6-4-2/h35-38,40-41H,3-34H2,1-2H3. The van der Waals surface area contributed by atoms with Crippen molar-refractivity contribution in [2.75, 3.05) is 0 Å². The van der Waals surface area contributed by atoms with E-state index >= 15 is 0 Å². The fourth-order valence-corrected chi connectivity index (χ4v) is 8.81. The SMILES string of the molecule is CCCCCCCCCCCCCC(CCCCCCCCCCCCC)(C1CCC(O)CC1)C1CCC(O)CC1. The van der Waals surface area contributed by atoms with Crippen LogP contribution in [0.3, 0.4) is 0 Å². The van der Waals surface area contributed by atoms with Gasteiger partial charge in [0.2, 0.25) is 0 Å². The summed E-state index contributed by atoms with van der Waals surface area (Å²) in [4.78, 5) is 0. The molecular weight excluding hydrogens is 500 g/mol. The molecule has 2 aliphatic rings. The topological polar surface area (TPSA) is 40.5 Å². The zero-order valence-electron chi connectivity index (χ0n) is 28.3. The van der Waals surface area contributed by atoms with E-state index in [0.29, 0.717) is 5.41 Å². The highest BCUT2D eigenvalue weighted by Crippen LogP contribution is 2.55. The third-order valence-electron chi connectivity index (χ3n) is 11.5. The smallest absolute Gasteiger partial charge is 0.0540 e. The van der Waals surface area contributed by atoms with Gasteiger partial charge in [-0.05, 0) is 81.5 Å². The zero-order valence-corrected chi connectivity index (χ0v) is 28.3. The molecule has 2 aliphatic carbocycles. The Morgan fingerprint density at radius 2 is 0.610 bits per heavy atom. The molecule has 0 atom stereocenters. The first-order chi connectivity index (χ1) is 20.1. The van der Waals surface area contributed by atoms with E-state index in [2.05, 4.69) is 13.8 Å². The molecule has 0 unspecified atom stereocenters. The van der Waals surface area contributed by atoms with E-state index in [1.165, 1.54) is 180 Å². The Labute approximate surface area is 258 Å². The number of unbranched alkanes of at least 4 members (excludes halogenated alkanes) is 20. The highest BCUT2D eigenvalue weighted by atomic mass is 16.3. The Kier molecular flexibility index (Phi) is 22.0. The van der Waals surface area contributed by atoms with Crippen LogP contribution in [0.5, 0.6) is 0 Å². The van der Waals surface area contributed by atoms with Crippen LogP contribution < -0.4 is 0 Å². The maximum Gasteiger partial charge on any atom is 0.0540 e. The third kappa shape index (κ3) is 16.0. The Bertz CT molecular complexity index is 508. The first-order valence-electron chi connectivity index (χ1n) is 19.5. The van der Waals surface area contributed by atoms with Crippen LogP contribution in [0.4, 0.5) is 0 Å². The summed E-state index contributed by atoms with van der Waals surface area (Å²) in [5.41, 5.74) is 0.471. The van der Waals surface area contributed by atoms with Gasteiger partial charge in [0.15, 0.2) is 0 Å². The summed E-state index contributed by atoms with van der Waals surface area (Å²) >= 11 is 0. The van der Waals surface area contributed by atoms with Gasteiger partial charge in [-0.1, -0.05) is 155 Å². The molecule has 0 aliphatic heterocycles. The summed E-state index contributed by atoms with van der Waals surface area (Å²) in [6.07, 6.45) is 43.2. The molecule has 2 heteroatoms. The van der Waals surface area contributed by atoms with Crippen LogP contribution in [0.15, 0.2) is 0 Å². The lowest BCUT2D eigenvalue weighted by atomic mass is 9.54. The third-order valence-corrected chi connectivity index (χ3v) is 11.5. The van der Waals surface area contributed by atoms with E-state index in [4.69, 9.17) is 0 Å². The Balaban J connectivity index is 1.83. The monoisotopic (exact) mass is 577 g/mol. The zero-order chi connectivity index (χ0) is 29.4. The summed E-state index contributed by atoms with van der Waals surface area (Å²) in [7, 11) is 0. The minimum absolute atomic E-state index is 0.0546. The minimum Gasteiger partial charge on any atom is -0.393 e. The van der Waals surface area contributed by atoms with Crippen molar-refractivity contribution in [1.29, 1.82) is 0 Å². The Hall–Kier alpha value is -0.0800. The van der Waals surface area contributed by atoms with Crippen molar-refractivity contribution in [3.63, 3.8) is 0 Å². The molecule has 0 aromatic carbocycles. The summed E-state index contributed by atoms with van der Waals surface area (Å²) < 4.78 is 0. The molecule has 0 heterocycles. The van der Waals surface area contributed by atoms with Crippen molar-refractivity contribution in [1.82, 2.24) is 0 Å². The number of aliphatic hydroxyl groups excluding tert-OH is 2. The quantitative estimate of drug-likeness (QED) is 0.101. The molecular formula is C39H76O2. The van der Waals surface area contributed by atoms with E-state index in [1.807, 2.05) is 0 Å². The van der Waals surface area contributed by atoms with Gasteiger partial charge in [0.25, 0.3) is 0 Å². The number of aliphatic hydroxyl groups is 2. The van der Waals surface area contributed by atoms with Crippen molar-refractivity contribution >= 4 is 0 Å². The maximum absolute atomic E-state index is 10.4. The van der Waals surface area contributed by atoms with Crippen molar-refractivity contribution in [2.24, 2.45) is 17.3 Å². The molecule has 0 aromatic heterocycles. The lowest BCUT2D eigenvalue weighted by Gasteiger charge is -2.51. The first-order valence-corrected chi connectivity index (χ1v) is 19.5. The number of hydrogen-bond donors (Lipinski definition) is 2. The van der Waals surface area contributed by atoms with E-state index in [1.54, 1.807) is 0 Å². The molecule has 0 spiro atoms. The van der Waals surface area contributed by atoms with Crippen molar-refractivity contribution in [3.05, 3.63) is 0 Å². The van der Waals surface area contributed by atoms with Gasteiger partial charge >= 0.3 is 0 Å². The van der Waals surface area contributed by atoms with Gasteiger partial charge in [-0.15, -0.1) is 0 Å². The summed E-state index contributed by atoms with van der Waals surface area (Å²) in [5.74, 6) is 1.61. The molecule has 2 fully saturated rings. The van der Waals surface area contributed by atoms with Crippen LogP contribution in [-0.2, 0) is 0 Å². The minimum atomic E-state index is -0.0546. The molecule has 41 heavy (non-hydrogen) atoms. The highest BCUT2D eigenvalue weighted by molar-refractivity contribution is 4.96. The van der Waals surface area contributed by atoms with Gasteiger partial charge in [0.05, 0.1) is 12.2 Å². The normalized spacial score (nSPS) is 23.7. The van der Waals surface area contributed by atoms with Gasteiger partial charge in [-0.2, -0.15) is 0 Å². The molecule has 2 rings (SSSR count). The molecule has 0 aromatic rings. The fraction of sp³-hybridized carbons (Fsp3) is 1.00. The van der Waals surface area contributed by atoms with Crippen LogP contribution in [0.2, 0.25) is 0 Å². The first kappa shape index (κ1) is 37.1. The molecule has 0 bridgehead atoms.